The number of ether oxygens (including phenoxy) is 1. The van der Waals surface area contributed by atoms with Crippen molar-refractivity contribution in [3.05, 3.63) is 29.6 Å². The Bertz CT molecular complexity index is 553. The van der Waals surface area contributed by atoms with E-state index in [0.29, 0.717) is 6.61 Å². The monoisotopic (exact) mass is 229 g/mol. The second kappa shape index (κ2) is 5.00. The first-order valence-corrected chi connectivity index (χ1v) is 5.41. The fraction of sp³-hybridized carbons (Fsp3) is 0.308. The highest BCUT2D eigenvalue weighted by atomic mass is 16.5. The van der Waals surface area contributed by atoms with E-state index in [0.717, 1.165) is 22.4 Å². The number of H-pyrrole nitrogens is 1. The molecule has 17 heavy (non-hydrogen) atoms. The molecule has 0 aliphatic rings. The number of rotatable bonds is 4. The molecule has 0 unspecified atom stereocenters. The zero-order chi connectivity index (χ0) is 12.3. The standard InChI is InChI=1S/C13H15N3O/c1-4-9-5-6-10-11(7-9)16-13(15-10)12(14-2)8-17-3/h1,5-7,12,14H,8H2,2-3H3,(H,15,16)/t12-/m0/s1. The maximum Gasteiger partial charge on any atom is 0.126 e. The van der Waals surface area contributed by atoms with Gasteiger partial charge in [-0.05, 0) is 25.2 Å². The zero-order valence-corrected chi connectivity index (χ0v) is 9.95. The van der Waals surface area contributed by atoms with E-state index in [4.69, 9.17) is 11.2 Å². The number of likely N-dealkylation sites (N-methyl/N-ethyl adjacent to an activating group) is 1. The predicted molar refractivity (Wildman–Crippen MR) is 67.7 cm³/mol. The first-order valence-electron chi connectivity index (χ1n) is 5.41. The van der Waals surface area contributed by atoms with Gasteiger partial charge in [0.1, 0.15) is 5.82 Å². The molecule has 2 N–H and O–H groups in total. The molecule has 0 saturated carbocycles. The van der Waals surface area contributed by atoms with Crippen molar-refractivity contribution in [2.75, 3.05) is 20.8 Å². The van der Waals surface area contributed by atoms with Gasteiger partial charge < -0.3 is 15.0 Å². The summed E-state index contributed by atoms with van der Waals surface area (Å²) in [6.45, 7) is 0.568. The maximum absolute atomic E-state index is 5.36. The van der Waals surface area contributed by atoms with Crippen molar-refractivity contribution in [2.24, 2.45) is 0 Å². The molecule has 2 rings (SSSR count). The number of imidazole rings is 1. The third-order valence-electron chi connectivity index (χ3n) is 2.68. The molecular formula is C13H15N3O. The first-order chi connectivity index (χ1) is 8.28. The summed E-state index contributed by atoms with van der Waals surface area (Å²) in [5, 5.41) is 3.15. The molecule has 1 atom stereocenters. The molecule has 0 spiro atoms. The second-order valence-corrected chi connectivity index (χ2v) is 3.79. The van der Waals surface area contributed by atoms with Crippen molar-refractivity contribution < 1.29 is 4.74 Å². The number of nitrogens with one attached hydrogen (secondary N) is 2. The smallest absolute Gasteiger partial charge is 0.126 e. The van der Waals surface area contributed by atoms with Crippen LogP contribution in [0.15, 0.2) is 18.2 Å². The minimum absolute atomic E-state index is 0.0571. The number of benzene rings is 1. The molecule has 0 radical (unpaired) electrons. The van der Waals surface area contributed by atoms with Gasteiger partial charge in [-0.15, -0.1) is 6.42 Å². The second-order valence-electron chi connectivity index (χ2n) is 3.79. The van der Waals surface area contributed by atoms with Gasteiger partial charge >= 0.3 is 0 Å². The Morgan fingerprint density at radius 3 is 3.06 bits per heavy atom. The topological polar surface area (TPSA) is 49.9 Å². The van der Waals surface area contributed by atoms with Gasteiger partial charge in [0.05, 0.1) is 23.7 Å². The van der Waals surface area contributed by atoms with E-state index in [2.05, 4.69) is 21.2 Å². The van der Waals surface area contributed by atoms with Gasteiger partial charge in [0, 0.05) is 12.7 Å². The predicted octanol–water partition coefficient (Wildman–Crippen LogP) is 1.45. The number of hydrogen-bond acceptors (Lipinski definition) is 3. The first kappa shape index (κ1) is 11.6. The molecular weight excluding hydrogens is 214 g/mol. The van der Waals surface area contributed by atoms with E-state index in [-0.39, 0.29) is 6.04 Å². The maximum atomic E-state index is 5.36. The van der Waals surface area contributed by atoms with Gasteiger partial charge in [0.2, 0.25) is 0 Å². The lowest BCUT2D eigenvalue weighted by molar-refractivity contribution is 0.167. The number of nitrogens with zero attached hydrogens (tertiary/aromatic N) is 1. The number of hydrogen-bond donors (Lipinski definition) is 2. The Hall–Kier alpha value is -1.83. The molecule has 4 nitrogen and oxygen atoms in total. The van der Waals surface area contributed by atoms with Gasteiger partial charge in [-0.1, -0.05) is 5.92 Å². The third kappa shape index (κ3) is 2.31. The summed E-state index contributed by atoms with van der Waals surface area (Å²) >= 11 is 0. The van der Waals surface area contributed by atoms with Crippen LogP contribution in [-0.2, 0) is 4.74 Å². The summed E-state index contributed by atoms with van der Waals surface area (Å²) in [6, 6.07) is 5.79. The van der Waals surface area contributed by atoms with Crippen LogP contribution < -0.4 is 5.32 Å². The summed E-state index contributed by atoms with van der Waals surface area (Å²) in [4.78, 5) is 7.77. The molecule has 88 valence electrons. The number of methoxy groups -OCH3 is 1. The Balaban J connectivity index is 2.40. The van der Waals surface area contributed by atoms with Crippen LogP contribution >= 0.6 is 0 Å². The van der Waals surface area contributed by atoms with Crippen molar-refractivity contribution in [1.82, 2.24) is 15.3 Å². The summed E-state index contributed by atoms with van der Waals surface area (Å²) < 4.78 is 5.14. The van der Waals surface area contributed by atoms with E-state index < -0.39 is 0 Å². The minimum atomic E-state index is 0.0571. The van der Waals surface area contributed by atoms with Crippen LogP contribution in [0.1, 0.15) is 17.4 Å². The summed E-state index contributed by atoms with van der Waals surface area (Å²) in [6.07, 6.45) is 5.36. The largest absolute Gasteiger partial charge is 0.383 e. The average molecular weight is 229 g/mol. The van der Waals surface area contributed by atoms with E-state index in [1.807, 2.05) is 25.2 Å². The van der Waals surface area contributed by atoms with Gasteiger partial charge in [-0.25, -0.2) is 4.98 Å². The van der Waals surface area contributed by atoms with Crippen molar-refractivity contribution in [1.29, 1.82) is 0 Å². The van der Waals surface area contributed by atoms with Crippen molar-refractivity contribution in [2.45, 2.75) is 6.04 Å². The fourth-order valence-corrected chi connectivity index (χ4v) is 1.75. The lowest BCUT2D eigenvalue weighted by atomic mass is 10.2. The lowest BCUT2D eigenvalue weighted by Gasteiger charge is -2.11. The molecule has 1 aromatic heterocycles. The van der Waals surface area contributed by atoms with Crippen LogP contribution in [0.2, 0.25) is 0 Å². The average Bonchev–Trinajstić information content (AvgIpc) is 2.78. The van der Waals surface area contributed by atoms with Crippen molar-refractivity contribution in [3.63, 3.8) is 0 Å². The van der Waals surface area contributed by atoms with Crippen LogP contribution in [0.4, 0.5) is 0 Å². The number of fused-ring (bicyclic) bond motifs is 1. The van der Waals surface area contributed by atoms with E-state index in [1.165, 1.54) is 0 Å². The molecule has 0 aliphatic heterocycles. The highest BCUT2D eigenvalue weighted by Crippen LogP contribution is 2.17. The van der Waals surface area contributed by atoms with Crippen LogP contribution in [-0.4, -0.2) is 30.7 Å². The lowest BCUT2D eigenvalue weighted by Crippen LogP contribution is -2.22. The van der Waals surface area contributed by atoms with Gasteiger partial charge in [0.15, 0.2) is 0 Å². The molecule has 0 amide bonds. The van der Waals surface area contributed by atoms with Crippen molar-refractivity contribution in [3.8, 4) is 12.3 Å². The number of terminal acetylenes is 1. The van der Waals surface area contributed by atoms with E-state index >= 15 is 0 Å². The number of aromatic amines is 1. The fourth-order valence-electron chi connectivity index (χ4n) is 1.75. The molecule has 1 heterocycles. The molecule has 0 aliphatic carbocycles. The molecule has 1 aromatic carbocycles. The van der Waals surface area contributed by atoms with Crippen molar-refractivity contribution >= 4 is 11.0 Å². The van der Waals surface area contributed by atoms with Crippen LogP contribution in [0.25, 0.3) is 11.0 Å². The minimum Gasteiger partial charge on any atom is -0.383 e. The molecule has 0 fully saturated rings. The quantitative estimate of drug-likeness (QED) is 0.780. The van der Waals surface area contributed by atoms with Gasteiger partial charge in [0.25, 0.3) is 0 Å². The number of aromatic nitrogens is 2. The Morgan fingerprint density at radius 2 is 2.41 bits per heavy atom. The third-order valence-corrected chi connectivity index (χ3v) is 2.68. The van der Waals surface area contributed by atoms with Crippen LogP contribution in [0.3, 0.4) is 0 Å². The SMILES string of the molecule is C#Cc1ccc2nc([C@H](COC)NC)[nH]c2c1. The highest BCUT2D eigenvalue weighted by molar-refractivity contribution is 5.77. The summed E-state index contributed by atoms with van der Waals surface area (Å²) in [7, 11) is 3.55. The summed E-state index contributed by atoms with van der Waals surface area (Å²) in [5.74, 6) is 3.47. The molecule has 0 bridgehead atoms. The Labute approximate surface area is 100 Å². The van der Waals surface area contributed by atoms with Gasteiger partial charge in [-0.2, -0.15) is 0 Å². The normalized spacial score (nSPS) is 12.5. The molecule has 0 saturated heterocycles. The van der Waals surface area contributed by atoms with E-state index in [1.54, 1.807) is 7.11 Å². The van der Waals surface area contributed by atoms with Crippen LogP contribution in [0.5, 0.6) is 0 Å². The summed E-state index contributed by atoms with van der Waals surface area (Å²) in [5.41, 5.74) is 2.71. The van der Waals surface area contributed by atoms with Crippen LogP contribution in [0, 0.1) is 12.3 Å². The molecule has 2 aromatic rings. The Kier molecular flexibility index (Phi) is 3.43. The zero-order valence-electron chi connectivity index (χ0n) is 9.95. The molecule has 4 heteroatoms. The van der Waals surface area contributed by atoms with Gasteiger partial charge in [-0.3, -0.25) is 0 Å². The highest BCUT2D eigenvalue weighted by Gasteiger charge is 2.13. The van der Waals surface area contributed by atoms with E-state index in [9.17, 15) is 0 Å². The Morgan fingerprint density at radius 1 is 1.59 bits per heavy atom.